The number of carbonyl (C=O) groups is 1. The number of ketones is 1. The minimum atomic E-state index is -0.123. The van der Waals surface area contributed by atoms with Crippen LogP contribution in [0.5, 0.6) is 5.75 Å². The van der Waals surface area contributed by atoms with Gasteiger partial charge in [-0.15, -0.1) is 0 Å². The smallest absolute Gasteiger partial charge is 0.133 e. The van der Waals surface area contributed by atoms with E-state index in [0.717, 1.165) is 25.0 Å². The highest BCUT2D eigenvalue weighted by molar-refractivity contribution is 5.81. The van der Waals surface area contributed by atoms with E-state index >= 15 is 0 Å². The van der Waals surface area contributed by atoms with Crippen LogP contribution in [0.3, 0.4) is 0 Å². The van der Waals surface area contributed by atoms with Gasteiger partial charge in [0.2, 0.25) is 0 Å². The van der Waals surface area contributed by atoms with Gasteiger partial charge in [-0.2, -0.15) is 0 Å². The van der Waals surface area contributed by atoms with Crippen LogP contribution in [0.1, 0.15) is 43.7 Å². The summed E-state index contributed by atoms with van der Waals surface area (Å²) in [6.45, 7) is 3.15. The molecule has 1 aromatic rings. The van der Waals surface area contributed by atoms with Gasteiger partial charge in [0.05, 0.1) is 6.61 Å². The summed E-state index contributed by atoms with van der Waals surface area (Å²) < 4.78 is 5.80. The number of hydrogen-bond donors (Lipinski definition) is 0. The molecule has 0 aromatic heterocycles. The molecule has 22 heavy (non-hydrogen) atoms. The fraction of sp³-hybridized carbons (Fsp3) is 0.611. The molecule has 4 nitrogen and oxygen atoms in total. The number of piperidine rings is 1. The van der Waals surface area contributed by atoms with Crippen LogP contribution in [0, 0.1) is 11.1 Å². The molecule has 2 aliphatic carbocycles. The van der Waals surface area contributed by atoms with Crippen molar-refractivity contribution in [2.75, 3.05) is 13.2 Å². The molecular weight excluding hydrogens is 278 g/mol. The molecule has 0 spiro atoms. The average molecular weight is 300 g/mol. The molecule has 3 aliphatic rings. The lowest BCUT2D eigenvalue weighted by molar-refractivity contribution is -0.126. The second-order valence-corrected chi connectivity index (χ2v) is 6.89. The first-order valence-corrected chi connectivity index (χ1v) is 8.36. The van der Waals surface area contributed by atoms with Gasteiger partial charge in [0.15, 0.2) is 0 Å². The molecule has 4 heteroatoms. The van der Waals surface area contributed by atoms with Gasteiger partial charge < -0.3 is 15.0 Å². The zero-order valence-electron chi connectivity index (χ0n) is 13.0. The van der Waals surface area contributed by atoms with Crippen molar-refractivity contribution >= 4 is 5.78 Å². The van der Waals surface area contributed by atoms with E-state index in [0.29, 0.717) is 37.7 Å². The number of rotatable bonds is 2. The number of fused-ring (bicyclic) bond motifs is 1. The van der Waals surface area contributed by atoms with Gasteiger partial charge in [0.25, 0.3) is 0 Å². The molecule has 0 unspecified atom stereocenters. The first-order valence-electron chi connectivity index (χ1n) is 8.36. The Kier molecular flexibility index (Phi) is 3.27. The van der Waals surface area contributed by atoms with E-state index in [-0.39, 0.29) is 11.5 Å². The molecule has 2 bridgehead atoms. The van der Waals surface area contributed by atoms with Gasteiger partial charge in [0, 0.05) is 24.3 Å². The Morgan fingerprint density at radius 2 is 2.32 bits per heavy atom. The molecular formula is C18H22NO3-. The molecule has 0 N–H and O–H groups in total. The molecule has 1 aliphatic heterocycles. The molecule has 1 aromatic carbocycles. The zero-order valence-corrected chi connectivity index (χ0v) is 13.0. The van der Waals surface area contributed by atoms with Crippen LogP contribution in [0.15, 0.2) is 18.2 Å². The number of ether oxygens (including phenoxy) is 1. The van der Waals surface area contributed by atoms with E-state index < -0.39 is 0 Å². The van der Waals surface area contributed by atoms with Crippen LogP contribution in [0.25, 0.3) is 0 Å². The fourth-order valence-electron chi connectivity index (χ4n) is 5.09. The van der Waals surface area contributed by atoms with Crippen LogP contribution in [0.2, 0.25) is 0 Å². The third-order valence-corrected chi connectivity index (χ3v) is 5.95. The number of nitrogens with zero attached hydrogens (tertiary/aromatic N) is 1. The molecule has 1 heterocycles. The maximum absolute atomic E-state index is 12.4. The summed E-state index contributed by atoms with van der Waals surface area (Å²) in [7, 11) is 0. The summed E-state index contributed by atoms with van der Waals surface area (Å²) in [6.07, 6.45) is 3.66. The molecule has 2 fully saturated rings. The average Bonchev–Trinajstić information content (AvgIpc) is 2.51. The van der Waals surface area contributed by atoms with Crippen molar-refractivity contribution in [1.82, 2.24) is 5.06 Å². The predicted molar refractivity (Wildman–Crippen MR) is 83.8 cm³/mol. The van der Waals surface area contributed by atoms with Gasteiger partial charge >= 0.3 is 0 Å². The second kappa shape index (κ2) is 5.07. The minimum Gasteiger partial charge on any atom is -0.785 e. The quantitative estimate of drug-likeness (QED) is 0.843. The van der Waals surface area contributed by atoms with Gasteiger partial charge in [-0.3, -0.25) is 4.79 Å². The van der Waals surface area contributed by atoms with E-state index in [1.54, 1.807) is 0 Å². The zero-order chi connectivity index (χ0) is 15.3. The fourth-order valence-corrected chi connectivity index (χ4v) is 5.09. The minimum absolute atomic E-state index is 0.0101. The number of hydrogen-bond acceptors (Lipinski definition) is 4. The topological polar surface area (TPSA) is 52.6 Å². The van der Waals surface area contributed by atoms with Gasteiger partial charge in [-0.25, -0.2) is 0 Å². The standard InChI is InChI=1S/C18H22NO3/c1-2-22-17-5-3-4-14-13(17)10-16-15-7-6-12(20)11-18(14,15)8-9-19(16)21/h3-5,15-16H,2,6-11H2,1H3/q-1/t15-,16+,18+/m0/s1. The van der Waals surface area contributed by atoms with Crippen LogP contribution in [-0.2, 0) is 16.6 Å². The number of hydroxylamine groups is 2. The Bertz CT molecular complexity index is 614. The highest BCUT2D eigenvalue weighted by Crippen LogP contribution is 2.56. The first-order chi connectivity index (χ1) is 10.7. The van der Waals surface area contributed by atoms with Crippen LogP contribution in [-0.4, -0.2) is 30.0 Å². The lowest BCUT2D eigenvalue weighted by Gasteiger charge is -2.60. The number of Topliss-reactive ketones (excluding diaryl/α,β-unsaturated/α-hetero) is 1. The molecule has 0 amide bonds. The lowest BCUT2D eigenvalue weighted by Crippen LogP contribution is -2.60. The van der Waals surface area contributed by atoms with Crippen molar-refractivity contribution in [3.63, 3.8) is 0 Å². The third kappa shape index (κ3) is 1.87. The summed E-state index contributed by atoms with van der Waals surface area (Å²) in [5, 5.41) is 13.7. The predicted octanol–water partition coefficient (Wildman–Crippen LogP) is 2.82. The van der Waals surface area contributed by atoms with E-state index in [4.69, 9.17) is 4.74 Å². The first kappa shape index (κ1) is 14.2. The largest absolute Gasteiger partial charge is 0.785 e. The summed E-state index contributed by atoms with van der Waals surface area (Å²) in [4.78, 5) is 12.2. The van der Waals surface area contributed by atoms with E-state index in [1.165, 1.54) is 16.2 Å². The van der Waals surface area contributed by atoms with Crippen molar-refractivity contribution in [3.05, 3.63) is 34.5 Å². The third-order valence-electron chi connectivity index (χ3n) is 5.95. The van der Waals surface area contributed by atoms with Crippen LogP contribution >= 0.6 is 0 Å². The Morgan fingerprint density at radius 3 is 3.14 bits per heavy atom. The van der Waals surface area contributed by atoms with Gasteiger partial charge in [-0.1, -0.05) is 12.1 Å². The summed E-state index contributed by atoms with van der Waals surface area (Å²) in [5.74, 6) is 1.57. The summed E-state index contributed by atoms with van der Waals surface area (Å²) >= 11 is 0. The molecule has 4 rings (SSSR count). The van der Waals surface area contributed by atoms with Crippen LogP contribution in [0.4, 0.5) is 0 Å². The second-order valence-electron chi connectivity index (χ2n) is 6.89. The number of benzene rings is 1. The van der Waals surface area contributed by atoms with Crippen molar-refractivity contribution in [3.8, 4) is 5.75 Å². The molecule has 3 atom stereocenters. The van der Waals surface area contributed by atoms with Crippen molar-refractivity contribution < 1.29 is 9.53 Å². The number of carbonyl (C=O) groups excluding carboxylic acids is 1. The van der Waals surface area contributed by atoms with Crippen molar-refractivity contribution in [1.29, 1.82) is 0 Å². The van der Waals surface area contributed by atoms with Crippen molar-refractivity contribution in [2.45, 2.75) is 50.5 Å². The highest BCUT2D eigenvalue weighted by Gasteiger charge is 2.54. The van der Waals surface area contributed by atoms with Crippen molar-refractivity contribution in [2.24, 2.45) is 5.92 Å². The highest BCUT2D eigenvalue weighted by atomic mass is 16.5. The van der Waals surface area contributed by atoms with E-state index in [2.05, 4.69) is 6.07 Å². The normalized spacial score (nSPS) is 34.0. The van der Waals surface area contributed by atoms with E-state index in [1.807, 2.05) is 19.1 Å². The summed E-state index contributed by atoms with van der Waals surface area (Å²) in [6, 6.07) is 6.21. The Balaban J connectivity index is 1.89. The maximum atomic E-state index is 12.4. The maximum Gasteiger partial charge on any atom is 0.133 e. The molecule has 0 radical (unpaired) electrons. The van der Waals surface area contributed by atoms with E-state index in [9.17, 15) is 10.0 Å². The molecule has 1 saturated carbocycles. The Hall–Kier alpha value is -1.39. The Labute approximate surface area is 131 Å². The SMILES string of the molecule is CCOc1cccc2c1C[C@@H]1[C@@H]3CCC(=O)C[C@]23CCN1[O-]. The molecule has 1 saturated heterocycles. The lowest BCUT2D eigenvalue weighted by atomic mass is 9.52. The molecule has 118 valence electrons. The van der Waals surface area contributed by atoms with Gasteiger partial charge in [0.1, 0.15) is 11.5 Å². The monoisotopic (exact) mass is 300 g/mol. The van der Waals surface area contributed by atoms with Gasteiger partial charge in [-0.05, 0) is 55.8 Å². The van der Waals surface area contributed by atoms with Crippen LogP contribution < -0.4 is 4.74 Å². The summed E-state index contributed by atoms with van der Waals surface area (Å²) in [5.41, 5.74) is 2.32. The Morgan fingerprint density at radius 1 is 1.45 bits per heavy atom.